The predicted molar refractivity (Wildman–Crippen MR) is 121 cm³/mol. The maximum absolute atomic E-state index is 12.8. The zero-order valence-electron chi connectivity index (χ0n) is 15.7. The van der Waals surface area contributed by atoms with Gasteiger partial charge in [0.2, 0.25) is 0 Å². The SMILES string of the molecule is O=C(NC1CCCC1)c1ccc2c(c1)N=C(c1ccc(Cl)s1)c1ccccc1S2. The summed E-state index contributed by atoms with van der Waals surface area (Å²) >= 11 is 9.41. The van der Waals surface area contributed by atoms with E-state index < -0.39 is 0 Å². The molecule has 1 aliphatic heterocycles. The van der Waals surface area contributed by atoms with E-state index in [0.29, 0.717) is 11.6 Å². The molecule has 1 N–H and O–H groups in total. The molecule has 6 heteroatoms. The maximum atomic E-state index is 12.8. The van der Waals surface area contributed by atoms with Crippen molar-refractivity contribution in [1.29, 1.82) is 0 Å². The molecule has 1 aromatic heterocycles. The van der Waals surface area contributed by atoms with E-state index in [-0.39, 0.29) is 5.91 Å². The molecule has 146 valence electrons. The fourth-order valence-electron chi connectivity index (χ4n) is 3.85. The highest BCUT2D eigenvalue weighted by atomic mass is 35.5. The predicted octanol–water partition coefficient (Wildman–Crippen LogP) is 6.71. The zero-order valence-corrected chi connectivity index (χ0v) is 18.0. The third kappa shape index (κ3) is 3.87. The summed E-state index contributed by atoms with van der Waals surface area (Å²) in [6.07, 6.45) is 4.54. The summed E-state index contributed by atoms with van der Waals surface area (Å²) in [7, 11) is 0. The number of carbonyl (C=O) groups is 1. The number of thiophene rings is 1. The van der Waals surface area contributed by atoms with Gasteiger partial charge in [0.05, 0.1) is 20.6 Å². The number of carbonyl (C=O) groups excluding carboxylic acids is 1. The number of hydrogen-bond donors (Lipinski definition) is 1. The van der Waals surface area contributed by atoms with E-state index in [1.165, 1.54) is 24.2 Å². The Bertz CT molecular complexity index is 1120. The highest BCUT2D eigenvalue weighted by Crippen LogP contribution is 2.42. The second kappa shape index (κ2) is 7.98. The number of benzene rings is 2. The van der Waals surface area contributed by atoms with Crippen LogP contribution in [0.15, 0.2) is 69.4 Å². The van der Waals surface area contributed by atoms with Gasteiger partial charge in [-0.3, -0.25) is 4.79 Å². The second-order valence-electron chi connectivity index (χ2n) is 7.30. The van der Waals surface area contributed by atoms with Crippen LogP contribution in [-0.4, -0.2) is 17.7 Å². The second-order valence-corrected chi connectivity index (χ2v) is 10.1. The van der Waals surface area contributed by atoms with Gasteiger partial charge in [0, 0.05) is 27.0 Å². The Morgan fingerprint density at radius 1 is 1.03 bits per heavy atom. The first kappa shape index (κ1) is 18.9. The van der Waals surface area contributed by atoms with Crippen molar-refractivity contribution in [2.24, 2.45) is 4.99 Å². The van der Waals surface area contributed by atoms with E-state index in [0.717, 1.165) is 48.8 Å². The van der Waals surface area contributed by atoms with Crippen LogP contribution in [0.3, 0.4) is 0 Å². The van der Waals surface area contributed by atoms with Crippen LogP contribution in [0.5, 0.6) is 0 Å². The molecule has 1 saturated carbocycles. The van der Waals surface area contributed by atoms with Gasteiger partial charge in [0.1, 0.15) is 0 Å². The van der Waals surface area contributed by atoms with Gasteiger partial charge in [0.15, 0.2) is 0 Å². The molecule has 0 saturated heterocycles. The van der Waals surface area contributed by atoms with Crippen molar-refractivity contribution in [3.63, 3.8) is 0 Å². The van der Waals surface area contributed by atoms with E-state index in [1.54, 1.807) is 11.8 Å². The Morgan fingerprint density at radius 2 is 1.86 bits per heavy atom. The lowest BCUT2D eigenvalue weighted by molar-refractivity contribution is 0.0938. The molecule has 0 unspecified atom stereocenters. The Labute approximate surface area is 183 Å². The molecule has 5 rings (SSSR count). The number of aliphatic imine (C=N–C) groups is 1. The lowest BCUT2D eigenvalue weighted by atomic mass is 10.1. The van der Waals surface area contributed by atoms with Crippen molar-refractivity contribution in [3.8, 4) is 0 Å². The minimum Gasteiger partial charge on any atom is -0.349 e. The Hall–Kier alpha value is -2.08. The van der Waals surface area contributed by atoms with Crippen molar-refractivity contribution in [3.05, 3.63) is 74.9 Å². The molecule has 0 atom stereocenters. The maximum Gasteiger partial charge on any atom is 0.251 e. The first-order valence-corrected chi connectivity index (χ1v) is 11.7. The average Bonchev–Trinajstić information content (AvgIpc) is 3.36. The van der Waals surface area contributed by atoms with Crippen molar-refractivity contribution >= 4 is 52.0 Å². The molecular weight excluding hydrogens is 420 g/mol. The third-order valence-electron chi connectivity index (χ3n) is 5.31. The van der Waals surface area contributed by atoms with Gasteiger partial charge in [-0.1, -0.05) is 54.4 Å². The quantitative estimate of drug-likeness (QED) is 0.386. The van der Waals surface area contributed by atoms with Crippen LogP contribution in [0.2, 0.25) is 4.34 Å². The van der Waals surface area contributed by atoms with Gasteiger partial charge >= 0.3 is 0 Å². The number of fused-ring (bicyclic) bond motifs is 2. The molecule has 1 fully saturated rings. The zero-order chi connectivity index (χ0) is 19.8. The van der Waals surface area contributed by atoms with Crippen LogP contribution in [-0.2, 0) is 0 Å². The van der Waals surface area contributed by atoms with Gasteiger partial charge in [-0.05, 0) is 49.2 Å². The highest BCUT2D eigenvalue weighted by Gasteiger charge is 2.22. The molecule has 0 radical (unpaired) electrons. The minimum atomic E-state index is -0.0117. The fraction of sp³-hybridized carbons (Fsp3) is 0.217. The molecule has 0 spiro atoms. The topological polar surface area (TPSA) is 41.5 Å². The fourth-order valence-corrected chi connectivity index (χ4v) is 5.90. The van der Waals surface area contributed by atoms with Crippen LogP contribution < -0.4 is 5.32 Å². The molecule has 3 aromatic rings. The van der Waals surface area contributed by atoms with Crippen LogP contribution in [0.4, 0.5) is 5.69 Å². The first-order chi connectivity index (χ1) is 14.2. The number of nitrogens with zero attached hydrogens (tertiary/aromatic N) is 1. The lowest BCUT2D eigenvalue weighted by Crippen LogP contribution is -2.32. The summed E-state index contributed by atoms with van der Waals surface area (Å²) in [4.78, 5) is 21.0. The number of halogens is 1. The summed E-state index contributed by atoms with van der Waals surface area (Å²) in [5.74, 6) is -0.0117. The van der Waals surface area contributed by atoms with E-state index in [9.17, 15) is 4.79 Å². The van der Waals surface area contributed by atoms with E-state index in [2.05, 4.69) is 17.4 Å². The summed E-state index contributed by atoms with van der Waals surface area (Å²) in [5.41, 5.74) is 3.47. The number of hydrogen-bond acceptors (Lipinski definition) is 4. The normalized spacial score (nSPS) is 16.0. The number of nitrogens with one attached hydrogen (secondary N) is 1. The monoisotopic (exact) mass is 438 g/mol. The largest absolute Gasteiger partial charge is 0.349 e. The lowest BCUT2D eigenvalue weighted by Gasteiger charge is -2.12. The van der Waals surface area contributed by atoms with Crippen molar-refractivity contribution in [1.82, 2.24) is 5.32 Å². The molecule has 1 aliphatic carbocycles. The number of amides is 1. The van der Waals surface area contributed by atoms with Crippen LogP contribution in [0.1, 0.15) is 46.5 Å². The van der Waals surface area contributed by atoms with Crippen LogP contribution >= 0.6 is 34.7 Å². The summed E-state index contributed by atoms with van der Waals surface area (Å²) in [5, 5.41) is 3.17. The third-order valence-corrected chi connectivity index (χ3v) is 7.69. The van der Waals surface area contributed by atoms with Crippen LogP contribution in [0, 0.1) is 0 Å². The van der Waals surface area contributed by atoms with E-state index in [4.69, 9.17) is 16.6 Å². The highest BCUT2D eigenvalue weighted by molar-refractivity contribution is 7.99. The molecule has 2 aliphatic rings. The first-order valence-electron chi connectivity index (χ1n) is 9.74. The Kier molecular flexibility index (Phi) is 5.20. The average molecular weight is 439 g/mol. The molecular formula is C23H19ClN2OS2. The minimum absolute atomic E-state index is 0.0117. The standard InChI is InChI=1S/C23H19ClN2OS2/c24-21-12-11-20(29-21)22-16-7-3-4-8-18(16)28-19-10-9-14(13-17(19)26-22)23(27)25-15-5-1-2-6-15/h3-4,7-13,15H,1-2,5-6H2,(H,25,27). The molecule has 0 bridgehead atoms. The molecule has 3 nitrogen and oxygen atoms in total. The van der Waals surface area contributed by atoms with E-state index >= 15 is 0 Å². The summed E-state index contributed by atoms with van der Waals surface area (Å²) in [6.45, 7) is 0. The van der Waals surface area contributed by atoms with Gasteiger partial charge in [-0.2, -0.15) is 0 Å². The molecule has 29 heavy (non-hydrogen) atoms. The number of rotatable bonds is 3. The van der Waals surface area contributed by atoms with Gasteiger partial charge < -0.3 is 5.32 Å². The van der Waals surface area contributed by atoms with Gasteiger partial charge in [-0.25, -0.2) is 4.99 Å². The van der Waals surface area contributed by atoms with Crippen molar-refractivity contribution < 1.29 is 4.79 Å². The molecule has 1 amide bonds. The summed E-state index contributed by atoms with van der Waals surface area (Å²) in [6, 6.07) is 18.3. The van der Waals surface area contributed by atoms with Gasteiger partial charge in [-0.15, -0.1) is 11.3 Å². The summed E-state index contributed by atoms with van der Waals surface area (Å²) < 4.78 is 0.738. The Balaban J connectivity index is 1.56. The smallest absolute Gasteiger partial charge is 0.251 e. The van der Waals surface area contributed by atoms with Crippen molar-refractivity contribution in [2.45, 2.75) is 41.5 Å². The van der Waals surface area contributed by atoms with E-state index in [1.807, 2.05) is 42.5 Å². The van der Waals surface area contributed by atoms with Crippen molar-refractivity contribution in [2.75, 3.05) is 0 Å². The Morgan fingerprint density at radius 3 is 2.66 bits per heavy atom. The molecule has 2 aromatic carbocycles. The van der Waals surface area contributed by atoms with Gasteiger partial charge in [0.25, 0.3) is 5.91 Å². The molecule has 2 heterocycles. The van der Waals surface area contributed by atoms with Crippen LogP contribution in [0.25, 0.3) is 0 Å².